The second-order valence-electron chi connectivity index (χ2n) is 10.7. The van der Waals surface area contributed by atoms with Crippen molar-refractivity contribution in [2.75, 3.05) is 38.0 Å². The van der Waals surface area contributed by atoms with Gasteiger partial charge in [0.05, 0.1) is 11.5 Å². The van der Waals surface area contributed by atoms with E-state index >= 15 is 0 Å². The van der Waals surface area contributed by atoms with Crippen LogP contribution in [0.5, 0.6) is 0 Å². The van der Waals surface area contributed by atoms with E-state index in [2.05, 4.69) is 5.32 Å². The molecule has 2 atom stereocenters. The first kappa shape index (κ1) is 26.5. The molecule has 8 heteroatoms. The number of hydrogen-bond acceptors (Lipinski definition) is 4. The highest BCUT2D eigenvalue weighted by molar-refractivity contribution is 5.95. The number of carbonyl (C=O) groups excluding carboxylic acids is 1. The Morgan fingerprint density at radius 2 is 1.61 bits per heavy atom. The van der Waals surface area contributed by atoms with Gasteiger partial charge >= 0.3 is 6.18 Å². The van der Waals surface area contributed by atoms with E-state index in [-0.39, 0.29) is 18.5 Å². The van der Waals surface area contributed by atoms with Crippen molar-refractivity contribution >= 4 is 11.6 Å². The topological polar surface area (TPSA) is 55.8 Å². The average Bonchev–Trinajstić information content (AvgIpc) is 3.29. The van der Waals surface area contributed by atoms with Crippen molar-refractivity contribution in [1.29, 1.82) is 0 Å². The molecule has 5 nitrogen and oxygen atoms in total. The van der Waals surface area contributed by atoms with Gasteiger partial charge in [-0.2, -0.15) is 13.2 Å². The lowest BCUT2D eigenvalue weighted by atomic mass is 9.89. The number of likely N-dealkylation sites (tertiary alicyclic amines) is 2. The molecule has 2 saturated heterocycles. The summed E-state index contributed by atoms with van der Waals surface area (Å²) in [6.45, 7) is 4.84. The average molecular weight is 504 g/mol. The molecule has 1 unspecified atom stereocenters. The van der Waals surface area contributed by atoms with Gasteiger partial charge < -0.3 is 15.3 Å². The van der Waals surface area contributed by atoms with Crippen LogP contribution in [0, 0.1) is 5.41 Å². The Balaban J connectivity index is 1.34. The van der Waals surface area contributed by atoms with Crippen LogP contribution in [0.1, 0.15) is 49.9 Å². The zero-order chi connectivity index (χ0) is 25.9. The maximum atomic E-state index is 13.4. The van der Waals surface area contributed by atoms with Crippen LogP contribution in [0.15, 0.2) is 48.5 Å². The number of hydrogen-bond donors (Lipinski definition) is 2. The summed E-state index contributed by atoms with van der Waals surface area (Å²) in [6.07, 6.45) is -1.18. The van der Waals surface area contributed by atoms with E-state index in [0.717, 1.165) is 36.1 Å². The number of rotatable bonds is 7. The number of carbonyl (C=O) groups is 1. The van der Waals surface area contributed by atoms with E-state index in [0.29, 0.717) is 38.2 Å². The standard InChI is InChI=1S/C28H36F3N3O2/c1-27(2,28(29,30)31)19-34-15-4-3-5-24(34)17-32-23-12-10-21(11-13-23)20-6-8-22(9-7-20)26(36)33-16-14-25(35)18-33/h6-13,24-25,32,35H,3-5,14-19H2,1-2H3/t24-,25?/m0/s1. The third-order valence-electron chi connectivity index (χ3n) is 7.46. The molecular formula is C28H36F3N3O2. The maximum absolute atomic E-state index is 13.4. The number of benzene rings is 2. The van der Waals surface area contributed by atoms with Gasteiger partial charge in [0.15, 0.2) is 0 Å². The second kappa shape index (κ2) is 10.8. The van der Waals surface area contributed by atoms with Crippen LogP contribution in [0.2, 0.25) is 0 Å². The Morgan fingerprint density at radius 3 is 2.19 bits per heavy atom. The van der Waals surface area contributed by atoms with E-state index in [1.807, 2.05) is 53.4 Å². The van der Waals surface area contributed by atoms with Gasteiger partial charge in [-0.1, -0.05) is 30.7 Å². The number of aliphatic hydroxyl groups is 1. The Labute approximate surface area is 211 Å². The Morgan fingerprint density at radius 1 is 0.972 bits per heavy atom. The Hall–Kier alpha value is -2.58. The quantitative estimate of drug-likeness (QED) is 0.530. The number of anilines is 1. The number of halogens is 3. The molecule has 0 spiro atoms. The molecule has 196 valence electrons. The summed E-state index contributed by atoms with van der Waals surface area (Å²) in [7, 11) is 0. The molecule has 0 radical (unpaired) electrons. The minimum absolute atomic E-state index is 0.0125. The Bertz CT molecular complexity index is 1020. The van der Waals surface area contributed by atoms with Gasteiger partial charge in [-0.15, -0.1) is 0 Å². The Kier molecular flexibility index (Phi) is 7.95. The van der Waals surface area contributed by atoms with Crippen molar-refractivity contribution in [3.05, 3.63) is 54.1 Å². The third-order valence-corrected chi connectivity index (χ3v) is 7.46. The summed E-state index contributed by atoms with van der Waals surface area (Å²) in [4.78, 5) is 16.3. The second-order valence-corrected chi connectivity index (χ2v) is 10.7. The predicted octanol–water partition coefficient (Wildman–Crippen LogP) is 5.42. The number of nitrogens with one attached hydrogen (secondary N) is 1. The van der Waals surface area contributed by atoms with Crippen molar-refractivity contribution < 1.29 is 23.1 Å². The number of amides is 1. The van der Waals surface area contributed by atoms with Gasteiger partial charge in [0, 0.05) is 43.5 Å². The molecule has 0 aromatic heterocycles. The number of nitrogens with zero attached hydrogens (tertiary/aromatic N) is 2. The smallest absolute Gasteiger partial charge is 0.391 e. The molecule has 2 aliphatic heterocycles. The van der Waals surface area contributed by atoms with Crippen LogP contribution >= 0.6 is 0 Å². The summed E-state index contributed by atoms with van der Waals surface area (Å²) >= 11 is 0. The summed E-state index contributed by atoms with van der Waals surface area (Å²) in [5.74, 6) is -0.0620. The van der Waals surface area contributed by atoms with Gasteiger partial charge in [-0.25, -0.2) is 0 Å². The molecule has 2 N–H and O–H groups in total. The van der Waals surface area contributed by atoms with Crippen LogP contribution in [0.4, 0.5) is 18.9 Å². The molecular weight excluding hydrogens is 467 g/mol. The summed E-state index contributed by atoms with van der Waals surface area (Å²) < 4.78 is 40.3. The zero-order valence-corrected chi connectivity index (χ0v) is 21.0. The third kappa shape index (κ3) is 6.21. The number of alkyl halides is 3. The van der Waals surface area contributed by atoms with Gasteiger partial charge in [-0.05, 0) is 75.0 Å². The molecule has 0 saturated carbocycles. The van der Waals surface area contributed by atoms with Gasteiger partial charge in [0.25, 0.3) is 5.91 Å². The summed E-state index contributed by atoms with van der Waals surface area (Å²) in [6, 6.07) is 15.5. The van der Waals surface area contributed by atoms with Gasteiger partial charge in [0.2, 0.25) is 0 Å². The fourth-order valence-corrected chi connectivity index (χ4v) is 5.03. The van der Waals surface area contributed by atoms with Crippen LogP contribution in [0.25, 0.3) is 11.1 Å². The van der Waals surface area contributed by atoms with Crippen LogP contribution in [0.3, 0.4) is 0 Å². The number of piperidine rings is 1. The normalized spacial score (nSPS) is 21.6. The fourth-order valence-electron chi connectivity index (χ4n) is 5.03. The number of aliphatic hydroxyl groups excluding tert-OH is 1. The molecule has 2 aliphatic rings. The molecule has 0 bridgehead atoms. The molecule has 2 heterocycles. The fraction of sp³-hybridized carbons (Fsp3) is 0.536. The van der Waals surface area contributed by atoms with Crippen molar-refractivity contribution in [1.82, 2.24) is 9.80 Å². The van der Waals surface area contributed by atoms with Crippen molar-refractivity contribution in [2.24, 2.45) is 5.41 Å². The van der Waals surface area contributed by atoms with Crippen molar-refractivity contribution in [2.45, 2.75) is 57.9 Å². The summed E-state index contributed by atoms with van der Waals surface area (Å²) in [5.41, 5.74) is 1.81. The van der Waals surface area contributed by atoms with Crippen LogP contribution < -0.4 is 5.32 Å². The lowest BCUT2D eigenvalue weighted by Crippen LogP contribution is -2.51. The summed E-state index contributed by atoms with van der Waals surface area (Å²) in [5, 5.41) is 13.1. The monoisotopic (exact) mass is 503 g/mol. The molecule has 2 aromatic rings. The largest absolute Gasteiger partial charge is 0.395 e. The van der Waals surface area contributed by atoms with Crippen LogP contribution in [-0.2, 0) is 0 Å². The van der Waals surface area contributed by atoms with E-state index < -0.39 is 17.7 Å². The zero-order valence-electron chi connectivity index (χ0n) is 21.0. The highest BCUT2D eigenvalue weighted by atomic mass is 19.4. The van der Waals surface area contributed by atoms with Crippen LogP contribution in [-0.4, -0.2) is 71.9 Å². The first-order valence-electron chi connectivity index (χ1n) is 12.8. The van der Waals surface area contributed by atoms with E-state index in [1.165, 1.54) is 13.8 Å². The van der Waals surface area contributed by atoms with Crippen molar-refractivity contribution in [3.63, 3.8) is 0 Å². The first-order chi connectivity index (χ1) is 17.0. The van der Waals surface area contributed by atoms with E-state index in [1.54, 1.807) is 4.90 Å². The maximum Gasteiger partial charge on any atom is 0.395 e. The molecule has 1 amide bonds. The minimum atomic E-state index is -4.22. The first-order valence-corrected chi connectivity index (χ1v) is 12.8. The predicted molar refractivity (Wildman–Crippen MR) is 136 cm³/mol. The molecule has 2 aromatic carbocycles. The SMILES string of the molecule is CC(C)(CN1CCCC[C@H]1CNc1ccc(-c2ccc(C(=O)N3CCC(O)C3)cc2)cc1)C(F)(F)F. The molecule has 0 aliphatic carbocycles. The van der Waals surface area contributed by atoms with E-state index in [4.69, 9.17) is 0 Å². The lowest BCUT2D eigenvalue weighted by Gasteiger charge is -2.41. The highest BCUT2D eigenvalue weighted by Gasteiger charge is 2.48. The minimum Gasteiger partial charge on any atom is -0.391 e. The lowest BCUT2D eigenvalue weighted by molar-refractivity contribution is -0.218. The van der Waals surface area contributed by atoms with Gasteiger partial charge in [0.1, 0.15) is 0 Å². The van der Waals surface area contributed by atoms with Gasteiger partial charge in [-0.3, -0.25) is 9.69 Å². The highest BCUT2D eigenvalue weighted by Crippen LogP contribution is 2.39. The molecule has 36 heavy (non-hydrogen) atoms. The molecule has 2 fully saturated rings. The number of β-amino-alcohol motifs (C(OH)–C–C–N with tert-alkyl or cyclic N) is 1. The van der Waals surface area contributed by atoms with E-state index in [9.17, 15) is 23.1 Å². The molecule has 4 rings (SSSR count). The van der Waals surface area contributed by atoms with Crippen molar-refractivity contribution in [3.8, 4) is 11.1 Å².